The van der Waals surface area contributed by atoms with E-state index in [9.17, 15) is 9.59 Å². The van der Waals surface area contributed by atoms with Crippen molar-refractivity contribution in [3.63, 3.8) is 0 Å². The average Bonchev–Trinajstić information content (AvgIpc) is 2.97. The van der Waals surface area contributed by atoms with E-state index in [1.54, 1.807) is 0 Å². The SMILES string of the molecule is NC(=O)CCN1CCCC(CNC(=O)C2CCCN2)C1. The van der Waals surface area contributed by atoms with Crippen molar-refractivity contribution < 1.29 is 9.59 Å². The fourth-order valence-corrected chi connectivity index (χ4v) is 3.07. The first kappa shape index (κ1) is 15.3. The van der Waals surface area contributed by atoms with Crippen molar-refractivity contribution in [1.82, 2.24) is 15.5 Å². The van der Waals surface area contributed by atoms with E-state index in [0.717, 1.165) is 58.4 Å². The molecule has 0 bridgehead atoms. The van der Waals surface area contributed by atoms with Gasteiger partial charge in [-0.25, -0.2) is 0 Å². The largest absolute Gasteiger partial charge is 0.370 e. The Bertz CT molecular complexity index is 342. The van der Waals surface area contributed by atoms with Crippen molar-refractivity contribution in [3.8, 4) is 0 Å². The number of hydrogen-bond acceptors (Lipinski definition) is 4. The summed E-state index contributed by atoms with van der Waals surface area (Å²) in [7, 11) is 0. The van der Waals surface area contributed by atoms with Gasteiger partial charge in [-0.3, -0.25) is 9.59 Å². The maximum atomic E-state index is 11.9. The van der Waals surface area contributed by atoms with Gasteiger partial charge in [0.15, 0.2) is 0 Å². The minimum atomic E-state index is -0.243. The van der Waals surface area contributed by atoms with Crippen LogP contribution in [0, 0.1) is 5.92 Å². The van der Waals surface area contributed by atoms with Crippen LogP contribution in [-0.2, 0) is 9.59 Å². The fraction of sp³-hybridized carbons (Fsp3) is 0.857. The normalized spacial score (nSPS) is 27.4. The van der Waals surface area contributed by atoms with E-state index in [0.29, 0.717) is 12.3 Å². The molecule has 2 atom stereocenters. The van der Waals surface area contributed by atoms with E-state index in [1.165, 1.54) is 0 Å². The number of carbonyl (C=O) groups is 2. The maximum absolute atomic E-state index is 11.9. The van der Waals surface area contributed by atoms with Crippen molar-refractivity contribution >= 4 is 11.8 Å². The molecule has 0 aromatic heterocycles. The molecular weight excluding hydrogens is 256 g/mol. The van der Waals surface area contributed by atoms with Crippen LogP contribution in [-0.4, -0.2) is 55.5 Å². The zero-order chi connectivity index (χ0) is 14.4. The van der Waals surface area contributed by atoms with Gasteiger partial charge in [0.1, 0.15) is 0 Å². The molecule has 6 nitrogen and oxygen atoms in total. The fourth-order valence-electron chi connectivity index (χ4n) is 3.07. The summed E-state index contributed by atoms with van der Waals surface area (Å²) < 4.78 is 0. The lowest BCUT2D eigenvalue weighted by molar-refractivity contribution is -0.123. The summed E-state index contributed by atoms with van der Waals surface area (Å²) in [5.41, 5.74) is 5.18. The predicted octanol–water partition coefficient (Wildman–Crippen LogP) is -0.558. The second-order valence-corrected chi connectivity index (χ2v) is 5.92. The zero-order valence-corrected chi connectivity index (χ0v) is 12.1. The van der Waals surface area contributed by atoms with Crippen molar-refractivity contribution in [1.29, 1.82) is 0 Å². The van der Waals surface area contributed by atoms with Gasteiger partial charge in [0.2, 0.25) is 11.8 Å². The summed E-state index contributed by atoms with van der Waals surface area (Å²) in [6.07, 6.45) is 4.72. The molecule has 2 fully saturated rings. The van der Waals surface area contributed by atoms with Gasteiger partial charge in [-0.05, 0) is 44.7 Å². The second-order valence-electron chi connectivity index (χ2n) is 5.92. The van der Waals surface area contributed by atoms with Gasteiger partial charge in [-0.15, -0.1) is 0 Å². The Hall–Kier alpha value is -1.14. The zero-order valence-electron chi connectivity index (χ0n) is 12.1. The molecule has 0 saturated carbocycles. The van der Waals surface area contributed by atoms with E-state index < -0.39 is 0 Å². The Labute approximate surface area is 120 Å². The first-order valence-electron chi connectivity index (χ1n) is 7.67. The molecular formula is C14H26N4O2. The van der Waals surface area contributed by atoms with Crippen LogP contribution in [0.3, 0.4) is 0 Å². The van der Waals surface area contributed by atoms with Gasteiger partial charge in [-0.1, -0.05) is 0 Å². The molecule has 0 spiro atoms. The lowest BCUT2D eigenvalue weighted by atomic mass is 9.97. The van der Waals surface area contributed by atoms with Gasteiger partial charge in [0.25, 0.3) is 0 Å². The molecule has 4 N–H and O–H groups in total. The van der Waals surface area contributed by atoms with Gasteiger partial charge in [0, 0.05) is 26.1 Å². The molecule has 114 valence electrons. The summed E-state index contributed by atoms with van der Waals surface area (Å²) >= 11 is 0. The van der Waals surface area contributed by atoms with E-state index >= 15 is 0 Å². The number of carbonyl (C=O) groups excluding carboxylic acids is 2. The molecule has 2 unspecified atom stereocenters. The molecule has 6 heteroatoms. The van der Waals surface area contributed by atoms with Crippen LogP contribution in [0.1, 0.15) is 32.1 Å². The second kappa shape index (κ2) is 7.59. The number of nitrogens with one attached hydrogen (secondary N) is 2. The predicted molar refractivity (Wildman–Crippen MR) is 77.0 cm³/mol. The molecule has 0 radical (unpaired) electrons. The van der Waals surface area contributed by atoms with Crippen LogP contribution in [0.25, 0.3) is 0 Å². The first-order chi connectivity index (χ1) is 9.65. The van der Waals surface area contributed by atoms with Crippen LogP contribution >= 0.6 is 0 Å². The monoisotopic (exact) mass is 282 g/mol. The summed E-state index contributed by atoms with van der Waals surface area (Å²) in [5.74, 6) is 0.381. The Morgan fingerprint density at radius 1 is 1.30 bits per heavy atom. The average molecular weight is 282 g/mol. The van der Waals surface area contributed by atoms with Crippen LogP contribution in [0.5, 0.6) is 0 Å². The summed E-state index contributed by atoms with van der Waals surface area (Å²) in [6.45, 7) is 4.41. The molecule has 2 amide bonds. The molecule has 2 aliphatic heterocycles. The number of piperidine rings is 1. The molecule has 20 heavy (non-hydrogen) atoms. The van der Waals surface area contributed by atoms with Crippen molar-refractivity contribution in [3.05, 3.63) is 0 Å². The quantitative estimate of drug-likeness (QED) is 0.609. The molecule has 2 saturated heterocycles. The van der Waals surface area contributed by atoms with Crippen LogP contribution in [0.4, 0.5) is 0 Å². The van der Waals surface area contributed by atoms with Gasteiger partial charge >= 0.3 is 0 Å². The minimum Gasteiger partial charge on any atom is -0.370 e. The number of likely N-dealkylation sites (tertiary alicyclic amines) is 1. The Morgan fingerprint density at radius 3 is 2.85 bits per heavy atom. The third-order valence-corrected chi connectivity index (χ3v) is 4.22. The number of rotatable bonds is 6. The lowest BCUT2D eigenvalue weighted by Crippen LogP contribution is -2.45. The van der Waals surface area contributed by atoms with E-state index in [-0.39, 0.29) is 17.9 Å². The molecule has 0 aromatic carbocycles. The van der Waals surface area contributed by atoms with Gasteiger partial charge in [-0.2, -0.15) is 0 Å². The first-order valence-corrected chi connectivity index (χ1v) is 7.67. The Balaban J connectivity index is 1.67. The summed E-state index contributed by atoms with van der Waals surface area (Å²) in [6, 6.07) is 0.00422. The number of amides is 2. The topological polar surface area (TPSA) is 87.5 Å². The molecule has 0 aliphatic carbocycles. The van der Waals surface area contributed by atoms with Crippen molar-refractivity contribution in [2.24, 2.45) is 11.7 Å². The number of primary amides is 1. The Kier molecular flexibility index (Phi) is 5.79. The summed E-state index contributed by atoms with van der Waals surface area (Å²) in [5, 5.41) is 6.27. The maximum Gasteiger partial charge on any atom is 0.237 e. The molecule has 0 aromatic rings. The van der Waals surface area contributed by atoms with Crippen molar-refractivity contribution in [2.45, 2.75) is 38.1 Å². The number of hydrogen-bond donors (Lipinski definition) is 3. The highest BCUT2D eigenvalue weighted by molar-refractivity contribution is 5.81. The lowest BCUT2D eigenvalue weighted by Gasteiger charge is -2.32. The number of nitrogens with zero attached hydrogens (tertiary/aromatic N) is 1. The third kappa shape index (κ3) is 4.76. The van der Waals surface area contributed by atoms with E-state index in [4.69, 9.17) is 5.73 Å². The van der Waals surface area contributed by atoms with Gasteiger partial charge < -0.3 is 21.3 Å². The highest BCUT2D eigenvalue weighted by atomic mass is 16.2. The van der Waals surface area contributed by atoms with E-state index in [2.05, 4.69) is 15.5 Å². The standard InChI is InChI=1S/C14H26N4O2/c15-13(19)5-8-18-7-2-3-11(10-18)9-17-14(20)12-4-1-6-16-12/h11-12,16H,1-10H2,(H2,15,19)(H,17,20). The van der Waals surface area contributed by atoms with Crippen LogP contribution in [0.15, 0.2) is 0 Å². The third-order valence-electron chi connectivity index (χ3n) is 4.22. The number of nitrogens with two attached hydrogens (primary N) is 1. The van der Waals surface area contributed by atoms with Crippen LogP contribution < -0.4 is 16.4 Å². The minimum absolute atomic E-state index is 0.00422. The molecule has 2 aliphatic rings. The molecule has 2 rings (SSSR count). The van der Waals surface area contributed by atoms with Crippen molar-refractivity contribution in [2.75, 3.05) is 32.7 Å². The van der Waals surface area contributed by atoms with Gasteiger partial charge in [0.05, 0.1) is 6.04 Å². The Morgan fingerprint density at radius 2 is 2.15 bits per heavy atom. The van der Waals surface area contributed by atoms with E-state index in [1.807, 2.05) is 0 Å². The smallest absolute Gasteiger partial charge is 0.237 e. The highest BCUT2D eigenvalue weighted by Gasteiger charge is 2.24. The highest BCUT2D eigenvalue weighted by Crippen LogP contribution is 2.16. The molecule has 2 heterocycles. The summed E-state index contributed by atoms with van der Waals surface area (Å²) in [4.78, 5) is 25.0. The van der Waals surface area contributed by atoms with Crippen LogP contribution in [0.2, 0.25) is 0 Å².